The Bertz CT molecular complexity index is 450. The first-order chi connectivity index (χ1) is 8.26. The second kappa shape index (κ2) is 5.27. The molecule has 0 radical (unpaired) electrons. The maximum absolute atomic E-state index is 9.87. The van der Waals surface area contributed by atoms with Crippen LogP contribution in [0.15, 0.2) is 23.4 Å². The Kier molecular flexibility index (Phi) is 4.19. The van der Waals surface area contributed by atoms with Crippen LogP contribution in [0.4, 0.5) is 5.69 Å². The van der Waals surface area contributed by atoms with Crippen LogP contribution >= 0.6 is 0 Å². The summed E-state index contributed by atoms with van der Waals surface area (Å²) in [5.41, 5.74) is 7.37. The lowest BCUT2D eigenvalue weighted by molar-refractivity contribution is 0.0886. The van der Waals surface area contributed by atoms with Crippen molar-refractivity contribution in [2.24, 2.45) is 10.9 Å². The van der Waals surface area contributed by atoms with E-state index in [-0.39, 0.29) is 5.84 Å². The number of benzene rings is 1. The number of amidine groups is 1. The first-order valence-electron chi connectivity index (χ1n) is 5.77. The molecule has 18 heavy (non-hydrogen) atoms. The summed E-state index contributed by atoms with van der Waals surface area (Å²) in [4.78, 5) is 1.91. The van der Waals surface area contributed by atoms with Crippen LogP contribution in [0.3, 0.4) is 0 Å². The van der Waals surface area contributed by atoms with Gasteiger partial charge in [-0.15, -0.1) is 0 Å². The van der Waals surface area contributed by atoms with Crippen molar-refractivity contribution in [3.63, 3.8) is 0 Å². The van der Waals surface area contributed by atoms with E-state index in [1.807, 2.05) is 31.0 Å². The van der Waals surface area contributed by atoms with Gasteiger partial charge in [0.15, 0.2) is 5.84 Å². The fourth-order valence-electron chi connectivity index (χ4n) is 2.09. The number of hydrogen-bond donors (Lipinski definition) is 3. The van der Waals surface area contributed by atoms with Gasteiger partial charge >= 0.3 is 0 Å². The van der Waals surface area contributed by atoms with Crippen molar-refractivity contribution in [1.82, 2.24) is 0 Å². The molecule has 0 aliphatic heterocycles. The molecule has 0 unspecified atom stereocenters. The van der Waals surface area contributed by atoms with Gasteiger partial charge in [0.05, 0.1) is 11.3 Å². The molecular weight excluding hydrogens is 230 g/mol. The summed E-state index contributed by atoms with van der Waals surface area (Å²) in [6.07, 6.45) is 0. The molecule has 0 heterocycles. The van der Waals surface area contributed by atoms with E-state index in [9.17, 15) is 5.11 Å². The zero-order valence-electron chi connectivity index (χ0n) is 11.3. The van der Waals surface area contributed by atoms with Crippen molar-refractivity contribution in [2.45, 2.75) is 26.4 Å². The van der Waals surface area contributed by atoms with Gasteiger partial charge < -0.3 is 20.9 Å². The third kappa shape index (κ3) is 3.37. The zero-order chi connectivity index (χ0) is 13.9. The molecule has 4 N–H and O–H groups in total. The van der Waals surface area contributed by atoms with E-state index in [0.29, 0.717) is 12.1 Å². The molecular formula is C13H21N3O2. The van der Waals surface area contributed by atoms with Crippen molar-refractivity contribution < 1.29 is 10.3 Å². The number of rotatable bonds is 4. The first-order valence-corrected chi connectivity index (χ1v) is 5.77. The van der Waals surface area contributed by atoms with E-state index < -0.39 is 5.60 Å². The van der Waals surface area contributed by atoms with E-state index in [1.165, 1.54) is 0 Å². The fourth-order valence-corrected chi connectivity index (χ4v) is 2.09. The summed E-state index contributed by atoms with van der Waals surface area (Å²) in [5, 5.41) is 21.7. The van der Waals surface area contributed by atoms with Crippen LogP contribution in [0, 0.1) is 6.92 Å². The molecule has 0 fully saturated rings. The van der Waals surface area contributed by atoms with E-state index >= 15 is 0 Å². The highest BCUT2D eigenvalue weighted by Crippen LogP contribution is 2.25. The molecule has 0 aromatic heterocycles. The number of nitrogens with two attached hydrogens (primary N) is 1. The van der Waals surface area contributed by atoms with Crippen molar-refractivity contribution in [3.8, 4) is 0 Å². The number of anilines is 1. The lowest BCUT2D eigenvalue weighted by Gasteiger charge is -2.30. The molecule has 0 saturated carbocycles. The normalized spacial score (nSPS) is 12.6. The van der Waals surface area contributed by atoms with Crippen LogP contribution in [0.1, 0.15) is 25.0 Å². The van der Waals surface area contributed by atoms with Gasteiger partial charge in [-0.05, 0) is 32.4 Å². The lowest BCUT2D eigenvalue weighted by Crippen LogP contribution is -2.37. The minimum Gasteiger partial charge on any atom is -0.409 e. The number of likely N-dealkylation sites (N-methyl/N-ethyl adjacent to an activating group) is 1. The maximum Gasteiger partial charge on any atom is 0.172 e. The van der Waals surface area contributed by atoms with E-state index in [1.54, 1.807) is 19.9 Å². The number of hydrogen-bond acceptors (Lipinski definition) is 4. The van der Waals surface area contributed by atoms with Crippen molar-refractivity contribution in [2.75, 3.05) is 18.5 Å². The SMILES string of the molecule is Cc1cccc(/C(N)=N/O)c1N(C)CC(C)(C)O. The summed E-state index contributed by atoms with van der Waals surface area (Å²) in [6, 6.07) is 5.59. The average Bonchev–Trinajstić information content (AvgIpc) is 2.25. The van der Waals surface area contributed by atoms with Gasteiger partial charge in [-0.3, -0.25) is 0 Å². The molecule has 0 aliphatic carbocycles. The molecule has 0 saturated heterocycles. The second-order valence-electron chi connectivity index (χ2n) is 5.12. The van der Waals surface area contributed by atoms with E-state index in [4.69, 9.17) is 10.9 Å². The van der Waals surface area contributed by atoms with Crippen molar-refractivity contribution >= 4 is 11.5 Å². The number of nitrogens with zero attached hydrogens (tertiary/aromatic N) is 2. The molecule has 0 atom stereocenters. The average molecular weight is 251 g/mol. The quantitative estimate of drug-likeness (QED) is 0.326. The molecule has 0 bridgehead atoms. The summed E-state index contributed by atoms with van der Waals surface area (Å²) < 4.78 is 0. The smallest absolute Gasteiger partial charge is 0.172 e. The van der Waals surface area contributed by atoms with Crippen LogP contribution in [0.2, 0.25) is 0 Å². The van der Waals surface area contributed by atoms with Crippen LogP contribution in [0.25, 0.3) is 0 Å². The Hall–Kier alpha value is -1.75. The van der Waals surface area contributed by atoms with Gasteiger partial charge in [0.1, 0.15) is 0 Å². The number of para-hydroxylation sites is 1. The van der Waals surface area contributed by atoms with Gasteiger partial charge in [-0.25, -0.2) is 0 Å². The number of oxime groups is 1. The minimum atomic E-state index is -0.820. The number of aliphatic hydroxyl groups is 1. The predicted octanol–water partition coefficient (Wildman–Crippen LogP) is 1.30. The van der Waals surface area contributed by atoms with Crippen LogP contribution in [-0.4, -0.2) is 35.3 Å². The summed E-state index contributed by atoms with van der Waals surface area (Å²) in [6.45, 7) is 5.88. The Morgan fingerprint density at radius 2 is 2.06 bits per heavy atom. The molecule has 0 spiro atoms. The topological polar surface area (TPSA) is 82.1 Å². The molecule has 100 valence electrons. The third-order valence-electron chi connectivity index (χ3n) is 2.63. The predicted molar refractivity (Wildman–Crippen MR) is 73.3 cm³/mol. The van der Waals surface area contributed by atoms with Crippen LogP contribution in [-0.2, 0) is 0 Å². The molecule has 1 aromatic carbocycles. The molecule has 1 aromatic rings. The van der Waals surface area contributed by atoms with Crippen molar-refractivity contribution in [1.29, 1.82) is 0 Å². The van der Waals surface area contributed by atoms with Gasteiger partial charge in [0.25, 0.3) is 0 Å². The molecule has 5 nitrogen and oxygen atoms in total. The van der Waals surface area contributed by atoms with Crippen LogP contribution < -0.4 is 10.6 Å². The van der Waals surface area contributed by atoms with Gasteiger partial charge in [-0.2, -0.15) is 0 Å². The molecule has 1 rings (SSSR count). The highest BCUT2D eigenvalue weighted by molar-refractivity contribution is 6.02. The largest absolute Gasteiger partial charge is 0.409 e. The van der Waals surface area contributed by atoms with Gasteiger partial charge in [0.2, 0.25) is 0 Å². The van der Waals surface area contributed by atoms with E-state index in [2.05, 4.69) is 5.16 Å². The Balaban J connectivity index is 3.22. The second-order valence-corrected chi connectivity index (χ2v) is 5.12. The molecule has 0 amide bonds. The fraction of sp³-hybridized carbons (Fsp3) is 0.462. The monoisotopic (exact) mass is 251 g/mol. The molecule has 5 heteroatoms. The summed E-state index contributed by atoms with van der Waals surface area (Å²) in [7, 11) is 1.87. The van der Waals surface area contributed by atoms with Gasteiger partial charge in [-0.1, -0.05) is 17.3 Å². The highest BCUT2D eigenvalue weighted by atomic mass is 16.4. The number of aryl methyl sites for hydroxylation is 1. The first kappa shape index (κ1) is 14.3. The van der Waals surface area contributed by atoms with Gasteiger partial charge in [0, 0.05) is 19.2 Å². The standard InChI is InChI=1S/C13H21N3O2/c1-9-6-5-7-10(12(14)15-18)11(9)16(4)8-13(2,3)17/h5-7,17-18H,8H2,1-4H3,(H2,14,15). The Morgan fingerprint density at radius 1 is 1.44 bits per heavy atom. The Morgan fingerprint density at radius 3 is 2.56 bits per heavy atom. The van der Waals surface area contributed by atoms with Crippen LogP contribution in [0.5, 0.6) is 0 Å². The zero-order valence-corrected chi connectivity index (χ0v) is 11.3. The third-order valence-corrected chi connectivity index (χ3v) is 2.63. The highest BCUT2D eigenvalue weighted by Gasteiger charge is 2.20. The lowest BCUT2D eigenvalue weighted by atomic mass is 10.0. The molecule has 0 aliphatic rings. The summed E-state index contributed by atoms with van der Waals surface area (Å²) >= 11 is 0. The van der Waals surface area contributed by atoms with E-state index in [0.717, 1.165) is 11.3 Å². The minimum absolute atomic E-state index is 0.0660. The maximum atomic E-state index is 9.87. The summed E-state index contributed by atoms with van der Waals surface area (Å²) in [5.74, 6) is 0.0660. The Labute approximate surface area is 108 Å². The van der Waals surface area contributed by atoms with Crippen molar-refractivity contribution in [3.05, 3.63) is 29.3 Å².